The number of aliphatic carboxylic acids is 1. The molecule has 10 nitrogen and oxygen atoms in total. The molecule has 3 rings (SSSR count). The molecule has 30 heavy (non-hydrogen) atoms. The van der Waals surface area contributed by atoms with Crippen LogP contribution in [0.1, 0.15) is 32.4 Å². The molecule has 1 aliphatic rings. The molecule has 1 amide bonds. The number of carboxylic acid groups (broad SMARTS) is 1. The Kier molecular flexibility index (Phi) is 6.53. The third-order valence-electron chi connectivity index (χ3n) is 5.06. The Bertz CT molecular complexity index is 926. The van der Waals surface area contributed by atoms with E-state index in [1.807, 2.05) is 13.8 Å². The fraction of sp³-hybridized carbons (Fsp3) is 0.550. The van der Waals surface area contributed by atoms with Gasteiger partial charge in [0.05, 0.1) is 30.5 Å². The highest BCUT2D eigenvalue weighted by atomic mass is 16.5. The molecule has 2 aromatic heterocycles. The molecule has 162 valence electrons. The number of nitrogens with zero attached hydrogens (tertiary/aromatic N) is 4. The van der Waals surface area contributed by atoms with Crippen molar-refractivity contribution in [3.8, 4) is 17.1 Å². The summed E-state index contributed by atoms with van der Waals surface area (Å²) in [5.74, 6) is 0.111. The first-order valence-corrected chi connectivity index (χ1v) is 9.93. The third kappa shape index (κ3) is 4.87. The van der Waals surface area contributed by atoms with Crippen molar-refractivity contribution in [3.05, 3.63) is 17.8 Å². The quantitative estimate of drug-likeness (QED) is 0.671. The molecule has 2 heterocycles. The van der Waals surface area contributed by atoms with E-state index in [0.29, 0.717) is 48.3 Å². The summed E-state index contributed by atoms with van der Waals surface area (Å²) in [6.07, 6.45) is 0.963. The van der Waals surface area contributed by atoms with Gasteiger partial charge in [0.1, 0.15) is 5.75 Å². The lowest BCUT2D eigenvalue weighted by atomic mass is 9.74. The van der Waals surface area contributed by atoms with E-state index >= 15 is 0 Å². The zero-order valence-corrected chi connectivity index (χ0v) is 17.6. The largest absolute Gasteiger partial charge is 0.491 e. The van der Waals surface area contributed by atoms with Gasteiger partial charge in [0.15, 0.2) is 11.5 Å². The summed E-state index contributed by atoms with van der Waals surface area (Å²) in [7, 11) is 1.66. The van der Waals surface area contributed by atoms with Crippen LogP contribution in [0.25, 0.3) is 11.4 Å². The van der Waals surface area contributed by atoms with Crippen LogP contribution in [-0.4, -0.2) is 50.4 Å². The Labute approximate surface area is 174 Å². The first-order chi connectivity index (χ1) is 14.3. The van der Waals surface area contributed by atoms with Gasteiger partial charge in [-0.1, -0.05) is 19.1 Å². The molecular formula is C20H27N5O5. The van der Waals surface area contributed by atoms with Gasteiger partial charge in [0, 0.05) is 13.0 Å². The summed E-state index contributed by atoms with van der Waals surface area (Å²) < 4.78 is 12.4. The first kappa shape index (κ1) is 21.5. The average molecular weight is 417 g/mol. The second kappa shape index (κ2) is 9.10. The van der Waals surface area contributed by atoms with Crippen molar-refractivity contribution in [1.82, 2.24) is 20.0 Å². The fourth-order valence-corrected chi connectivity index (χ4v) is 3.17. The van der Waals surface area contributed by atoms with Crippen LogP contribution in [0.2, 0.25) is 0 Å². The number of carbonyl (C=O) groups excluding carboxylic acids is 1. The van der Waals surface area contributed by atoms with Crippen LogP contribution in [0, 0.1) is 24.7 Å². The molecule has 0 aromatic carbocycles. The molecule has 0 bridgehead atoms. The molecule has 1 fully saturated rings. The monoisotopic (exact) mass is 417 g/mol. The van der Waals surface area contributed by atoms with E-state index in [-0.39, 0.29) is 17.8 Å². The summed E-state index contributed by atoms with van der Waals surface area (Å²) in [6.45, 7) is 6.35. The van der Waals surface area contributed by atoms with Crippen molar-refractivity contribution in [2.75, 3.05) is 18.5 Å². The van der Waals surface area contributed by atoms with Crippen LogP contribution in [0.15, 0.2) is 12.1 Å². The molecule has 2 N–H and O–H groups in total. The maximum absolute atomic E-state index is 12.0. The van der Waals surface area contributed by atoms with E-state index in [4.69, 9.17) is 14.6 Å². The van der Waals surface area contributed by atoms with Crippen molar-refractivity contribution < 1.29 is 24.2 Å². The SMILES string of the molecule is Cc1nc(-c2nnn(C)c2NC(=O)OCC(C)C)ccc1OC[C@@H]1CC[C@H]1C(=O)O. The van der Waals surface area contributed by atoms with Gasteiger partial charge in [0.2, 0.25) is 0 Å². The van der Waals surface area contributed by atoms with Crippen molar-refractivity contribution in [2.45, 2.75) is 33.6 Å². The molecule has 0 spiro atoms. The topological polar surface area (TPSA) is 128 Å². The maximum Gasteiger partial charge on any atom is 0.412 e. The highest BCUT2D eigenvalue weighted by Crippen LogP contribution is 2.35. The molecule has 2 aromatic rings. The number of ether oxygens (including phenoxy) is 2. The van der Waals surface area contributed by atoms with Gasteiger partial charge in [0.25, 0.3) is 0 Å². The summed E-state index contributed by atoms with van der Waals surface area (Å²) in [4.78, 5) is 27.7. The second-order valence-electron chi connectivity index (χ2n) is 7.90. The van der Waals surface area contributed by atoms with Gasteiger partial charge >= 0.3 is 12.1 Å². The lowest BCUT2D eigenvalue weighted by Gasteiger charge is -2.33. The van der Waals surface area contributed by atoms with Crippen LogP contribution >= 0.6 is 0 Å². The van der Waals surface area contributed by atoms with E-state index < -0.39 is 12.1 Å². The summed E-state index contributed by atoms with van der Waals surface area (Å²) in [6, 6.07) is 3.49. The van der Waals surface area contributed by atoms with Gasteiger partial charge in [-0.05, 0) is 37.8 Å². The number of amides is 1. The van der Waals surface area contributed by atoms with E-state index in [9.17, 15) is 9.59 Å². The Morgan fingerprint density at radius 2 is 2.10 bits per heavy atom. The molecule has 0 radical (unpaired) electrons. The van der Waals surface area contributed by atoms with Gasteiger partial charge < -0.3 is 14.6 Å². The number of nitrogens with one attached hydrogen (secondary N) is 1. The van der Waals surface area contributed by atoms with E-state index in [1.54, 1.807) is 26.1 Å². The molecule has 1 aliphatic carbocycles. The van der Waals surface area contributed by atoms with Crippen LogP contribution in [0.3, 0.4) is 0 Å². The standard InChI is InChI=1S/C20H27N5O5/c1-11(2)9-30-20(28)22-18-17(23-24-25(18)4)15-7-8-16(12(3)21-15)29-10-13-5-6-14(13)19(26)27/h7-8,11,13-14H,5-6,9-10H2,1-4H3,(H,22,28)(H,26,27)/t13-,14+/m0/s1. The van der Waals surface area contributed by atoms with Gasteiger partial charge in [-0.3, -0.25) is 10.1 Å². The number of rotatable bonds is 8. The zero-order chi connectivity index (χ0) is 21.8. The number of anilines is 1. The summed E-state index contributed by atoms with van der Waals surface area (Å²) >= 11 is 0. The second-order valence-corrected chi connectivity index (χ2v) is 7.90. The van der Waals surface area contributed by atoms with E-state index in [1.165, 1.54) is 4.68 Å². The lowest BCUT2D eigenvalue weighted by Crippen LogP contribution is -2.36. The lowest BCUT2D eigenvalue weighted by molar-refractivity contribution is -0.148. The molecule has 0 unspecified atom stereocenters. The smallest absolute Gasteiger partial charge is 0.412 e. The number of aromatic nitrogens is 4. The molecule has 1 saturated carbocycles. The van der Waals surface area contributed by atoms with Crippen LogP contribution in [0.5, 0.6) is 5.75 Å². The number of carboxylic acids is 1. The van der Waals surface area contributed by atoms with Crippen LogP contribution in [0.4, 0.5) is 10.6 Å². The van der Waals surface area contributed by atoms with Crippen LogP contribution < -0.4 is 10.1 Å². The first-order valence-electron chi connectivity index (χ1n) is 9.93. The number of hydrogen-bond acceptors (Lipinski definition) is 7. The highest BCUT2D eigenvalue weighted by Gasteiger charge is 2.37. The predicted octanol–water partition coefficient (Wildman–Crippen LogP) is 2.88. The average Bonchev–Trinajstić information content (AvgIpc) is 3.00. The Morgan fingerprint density at radius 3 is 2.70 bits per heavy atom. The maximum atomic E-state index is 12.0. The minimum atomic E-state index is -0.769. The number of aryl methyl sites for hydroxylation is 2. The van der Waals surface area contributed by atoms with E-state index in [2.05, 4.69) is 20.6 Å². The van der Waals surface area contributed by atoms with Gasteiger partial charge in [-0.25, -0.2) is 14.5 Å². The van der Waals surface area contributed by atoms with Crippen LogP contribution in [-0.2, 0) is 16.6 Å². The molecule has 0 saturated heterocycles. The van der Waals surface area contributed by atoms with Crippen molar-refractivity contribution in [2.24, 2.45) is 24.8 Å². The van der Waals surface area contributed by atoms with Crippen molar-refractivity contribution >= 4 is 17.9 Å². The molecule has 0 aliphatic heterocycles. The summed E-state index contributed by atoms with van der Waals surface area (Å²) in [5.41, 5.74) is 1.58. The van der Waals surface area contributed by atoms with Gasteiger partial charge in [-0.2, -0.15) is 0 Å². The minimum Gasteiger partial charge on any atom is -0.491 e. The summed E-state index contributed by atoms with van der Waals surface area (Å²) in [5, 5.41) is 19.9. The Hall–Kier alpha value is -3.17. The van der Waals surface area contributed by atoms with Gasteiger partial charge in [-0.15, -0.1) is 5.10 Å². The van der Waals surface area contributed by atoms with Crippen molar-refractivity contribution in [1.29, 1.82) is 0 Å². The fourth-order valence-electron chi connectivity index (χ4n) is 3.17. The number of hydrogen-bond donors (Lipinski definition) is 2. The third-order valence-corrected chi connectivity index (χ3v) is 5.06. The minimum absolute atomic E-state index is 0.0224. The van der Waals surface area contributed by atoms with E-state index in [0.717, 1.165) is 6.42 Å². The molecule has 2 atom stereocenters. The normalized spacial score (nSPS) is 18.0. The molecular weight excluding hydrogens is 390 g/mol. The molecule has 10 heteroatoms. The Morgan fingerprint density at radius 1 is 1.33 bits per heavy atom. The number of carbonyl (C=O) groups is 2. The zero-order valence-electron chi connectivity index (χ0n) is 17.6. The predicted molar refractivity (Wildman–Crippen MR) is 108 cm³/mol. The Balaban J connectivity index is 1.69. The highest BCUT2D eigenvalue weighted by molar-refractivity contribution is 5.88. The van der Waals surface area contributed by atoms with Crippen molar-refractivity contribution in [3.63, 3.8) is 0 Å². The number of pyridine rings is 1.